The molecule has 0 saturated heterocycles. The van der Waals surface area contributed by atoms with E-state index in [9.17, 15) is 14.0 Å². The highest BCUT2D eigenvalue weighted by Crippen LogP contribution is 2.20. The average molecular weight is 346 g/mol. The number of anilines is 1. The van der Waals surface area contributed by atoms with Gasteiger partial charge in [0.25, 0.3) is 11.5 Å². The fraction of sp³-hybridized carbons (Fsp3) is 0.118. The summed E-state index contributed by atoms with van der Waals surface area (Å²) in [5.41, 5.74) is 0.904. The number of amides is 1. The molecule has 0 unspecified atom stereocenters. The molecule has 7 heteroatoms. The minimum absolute atomic E-state index is 0.0116. The zero-order valence-electron chi connectivity index (χ0n) is 12.9. The number of benzene rings is 1. The molecule has 0 fully saturated rings. The quantitative estimate of drug-likeness (QED) is 0.774. The third-order valence-corrected chi connectivity index (χ3v) is 3.97. The average Bonchev–Trinajstić information content (AvgIpc) is 2.52. The zero-order valence-corrected chi connectivity index (χ0v) is 13.7. The van der Waals surface area contributed by atoms with Gasteiger partial charge in [-0.3, -0.25) is 14.0 Å². The summed E-state index contributed by atoms with van der Waals surface area (Å²) in [7, 11) is 0. The van der Waals surface area contributed by atoms with Crippen LogP contribution >= 0.6 is 11.6 Å². The van der Waals surface area contributed by atoms with Crippen LogP contribution < -0.4 is 10.9 Å². The first-order valence-electron chi connectivity index (χ1n) is 7.14. The Morgan fingerprint density at radius 3 is 2.71 bits per heavy atom. The SMILES string of the molecule is Cc1nc2c(C)cccn2c(=O)c1NC(=O)c1c(F)cccc1Cl. The van der Waals surface area contributed by atoms with Gasteiger partial charge in [-0.15, -0.1) is 0 Å². The highest BCUT2D eigenvalue weighted by Gasteiger charge is 2.19. The van der Waals surface area contributed by atoms with Gasteiger partial charge in [-0.05, 0) is 37.6 Å². The van der Waals surface area contributed by atoms with Crippen LogP contribution in [0.4, 0.5) is 10.1 Å². The fourth-order valence-corrected chi connectivity index (χ4v) is 2.69. The molecule has 5 nitrogen and oxygen atoms in total. The monoisotopic (exact) mass is 345 g/mol. The summed E-state index contributed by atoms with van der Waals surface area (Å²) in [5.74, 6) is -1.56. The number of nitrogens with zero attached hydrogens (tertiary/aromatic N) is 2. The lowest BCUT2D eigenvalue weighted by molar-refractivity contribution is 0.102. The first-order chi connectivity index (χ1) is 11.4. The maximum atomic E-state index is 13.9. The first kappa shape index (κ1) is 16.1. The number of rotatable bonds is 2. The molecule has 3 rings (SSSR count). The van der Waals surface area contributed by atoms with E-state index in [0.717, 1.165) is 11.6 Å². The number of pyridine rings is 1. The van der Waals surface area contributed by atoms with E-state index in [-0.39, 0.29) is 16.3 Å². The number of fused-ring (bicyclic) bond motifs is 1. The van der Waals surface area contributed by atoms with Gasteiger partial charge in [-0.25, -0.2) is 9.37 Å². The van der Waals surface area contributed by atoms with E-state index in [0.29, 0.717) is 11.3 Å². The van der Waals surface area contributed by atoms with Crippen molar-refractivity contribution in [2.45, 2.75) is 13.8 Å². The summed E-state index contributed by atoms with van der Waals surface area (Å²) in [4.78, 5) is 29.3. The Balaban J connectivity index is 2.11. The van der Waals surface area contributed by atoms with Gasteiger partial charge < -0.3 is 5.32 Å². The highest BCUT2D eigenvalue weighted by atomic mass is 35.5. The van der Waals surface area contributed by atoms with Gasteiger partial charge in [-0.2, -0.15) is 0 Å². The van der Waals surface area contributed by atoms with Crippen molar-refractivity contribution in [2.24, 2.45) is 0 Å². The lowest BCUT2D eigenvalue weighted by atomic mass is 10.2. The number of carbonyl (C=O) groups is 1. The molecule has 2 heterocycles. The van der Waals surface area contributed by atoms with Crippen molar-refractivity contribution < 1.29 is 9.18 Å². The van der Waals surface area contributed by atoms with Crippen LogP contribution in [0.3, 0.4) is 0 Å². The molecule has 24 heavy (non-hydrogen) atoms. The Labute approximate surface area is 141 Å². The van der Waals surface area contributed by atoms with Crippen molar-refractivity contribution in [2.75, 3.05) is 5.32 Å². The van der Waals surface area contributed by atoms with Crippen LogP contribution in [0.15, 0.2) is 41.3 Å². The van der Waals surface area contributed by atoms with Gasteiger partial charge in [0.05, 0.1) is 16.3 Å². The molecule has 1 N–H and O–H groups in total. The molecular formula is C17H13ClFN3O2. The van der Waals surface area contributed by atoms with E-state index in [2.05, 4.69) is 10.3 Å². The van der Waals surface area contributed by atoms with Gasteiger partial charge in [0.1, 0.15) is 17.2 Å². The lowest BCUT2D eigenvalue weighted by Crippen LogP contribution is -2.26. The molecule has 0 aliphatic rings. The fourth-order valence-electron chi connectivity index (χ4n) is 2.44. The second kappa shape index (κ2) is 6.05. The van der Waals surface area contributed by atoms with Crippen molar-refractivity contribution in [3.8, 4) is 0 Å². The normalized spacial score (nSPS) is 10.8. The Kier molecular flexibility index (Phi) is 4.07. The molecule has 122 valence electrons. The van der Waals surface area contributed by atoms with Crippen LogP contribution in [0.2, 0.25) is 5.02 Å². The van der Waals surface area contributed by atoms with E-state index in [1.165, 1.54) is 16.5 Å². The van der Waals surface area contributed by atoms with E-state index < -0.39 is 17.3 Å². The predicted molar refractivity (Wildman–Crippen MR) is 90.3 cm³/mol. The van der Waals surface area contributed by atoms with Crippen molar-refractivity contribution in [1.29, 1.82) is 0 Å². The van der Waals surface area contributed by atoms with Crippen molar-refractivity contribution in [1.82, 2.24) is 9.38 Å². The number of hydrogen-bond donors (Lipinski definition) is 1. The molecular weight excluding hydrogens is 333 g/mol. The lowest BCUT2D eigenvalue weighted by Gasteiger charge is -2.11. The Hall–Kier alpha value is -2.73. The van der Waals surface area contributed by atoms with Crippen LogP contribution in [0.25, 0.3) is 5.65 Å². The van der Waals surface area contributed by atoms with E-state index in [1.807, 2.05) is 13.0 Å². The van der Waals surface area contributed by atoms with Gasteiger partial charge in [0.15, 0.2) is 0 Å². The van der Waals surface area contributed by atoms with Gasteiger partial charge in [-0.1, -0.05) is 23.7 Å². The Bertz CT molecular complexity index is 1010. The van der Waals surface area contributed by atoms with Crippen LogP contribution in [0.1, 0.15) is 21.6 Å². The van der Waals surface area contributed by atoms with Crippen LogP contribution in [-0.2, 0) is 0 Å². The number of carbonyl (C=O) groups excluding carboxylic acids is 1. The molecule has 3 aromatic rings. The Morgan fingerprint density at radius 2 is 2.00 bits per heavy atom. The molecule has 1 aromatic carbocycles. The van der Waals surface area contributed by atoms with Crippen LogP contribution in [0.5, 0.6) is 0 Å². The van der Waals surface area contributed by atoms with Crippen molar-refractivity contribution >= 4 is 28.8 Å². The number of aromatic nitrogens is 2. The maximum Gasteiger partial charge on any atom is 0.281 e. The number of aryl methyl sites for hydroxylation is 2. The minimum atomic E-state index is -0.798. The second-order valence-electron chi connectivity index (χ2n) is 5.31. The van der Waals surface area contributed by atoms with Crippen molar-refractivity contribution in [3.05, 3.63) is 74.5 Å². The number of halogens is 2. The zero-order chi connectivity index (χ0) is 17.4. The molecule has 0 radical (unpaired) electrons. The largest absolute Gasteiger partial charge is 0.316 e. The second-order valence-corrected chi connectivity index (χ2v) is 5.72. The van der Waals surface area contributed by atoms with E-state index in [1.54, 1.807) is 19.2 Å². The van der Waals surface area contributed by atoms with Crippen LogP contribution in [-0.4, -0.2) is 15.3 Å². The summed E-state index contributed by atoms with van der Waals surface area (Å²) >= 11 is 5.89. The van der Waals surface area contributed by atoms with E-state index >= 15 is 0 Å². The summed E-state index contributed by atoms with van der Waals surface area (Å²) in [5, 5.41) is 2.40. The third-order valence-electron chi connectivity index (χ3n) is 3.66. The van der Waals surface area contributed by atoms with Gasteiger partial charge in [0.2, 0.25) is 0 Å². The standard InChI is InChI=1S/C17H13ClFN3O2/c1-9-5-4-8-22-15(9)20-10(2)14(17(22)24)21-16(23)13-11(18)6-3-7-12(13)19/h3-8H,1-2H3,(H,21,23). The Morgan fingerprint density at radius 1 is 1.25 bits per heavy atom. The third kappa shape index (κ3) is 2.65. The molecule has 0 bridgehead atoms. The predicted octanol–water partition coefficient (Wildman–Crippen LogP) is 3.36. The summed E-state index contributed by atoms with van der Waals surface area (Å²) < 4.78 is 15.2. The summed E-state index contributed by atoms with van der Waals surface area (Å²) in [6, 6.07) is 7.47. The summed E-state index contributed by atoms with van der Waals surface area (Å²) in [6.07, 6.45) is 1.56. The van der Waals surface area contributed by atoms with Gasteiger partial charge in [0, 0.05) is 6.20 Å². The smallest absolute Gasteiger partial charge is 0.281 e. The molecule has 0 spiro atoms. The molecule has 0 aliphatic carbocycles. The minimum Gasteiger partial charge on any atom is -0.316 e. The first-order valence-corrected chi connectivity index (χ1v) is 7.52. The highest BCUT2D eigenvalue weighted by molar-refractivity contribution is 6.34. The molecule has 2 aromatic heterocycles. The van der Waals surface area contributed by atoms with E-state index in [4.69, 9.17) is 11.6 Å². The topological polar surface area (TPSA) is 63.5 Å². The summed E-state index contributed by atoms with van der Waals surface area (Å²) in [6.45, 7) is 3.44. The molecule has 0 saturated carbocycles. The number of nitrogens with one attached hydrogen (secondary N) is 1. The number of hydrogen-bond acceptors (Lipinski definition) is 3. The van der Waals surface area contributed by atoms with Gasteiger partial charge >= 0.3 is 0 Å². The molecule has 1 amide bonds. The van der Waals surface area contributed by atoms with Crippen LogP contribution in [0, 0.1) is 19.7 Å². The molecule has 0 aliphatic heterocycles. The van der Waals surface area contributed by atoms with Crippen molar-refractivity contribution in [3.63, 3.8) is 0 Å². The molecule has 0 atom stereocenters. The maximum absolute atomic E-state index is 13.9.